The van der Waals surface area contributed by atoms with Crippen LogP contribution in [0.5, 0.6) is 5.75 Å². The Hall–Kier alpha value is -2.57. The van der Waals surface area contributed by atoms with Crippen molar-refractivity contribution in [3.8, 4) is 5.75 Å². The van der Waals surface area contributed by atoms with Crippen LogP contribution in [0.2, 0.25) is 0 Å². The maximum absolute atomic E-state index is 11.9. The van der Waals surface area contributed by atoms with Gasteiger partial charge in [0.2, 0.25) is 0 Å². The van der Waals surface area contributed by atoms with Crippen molar-refractivity contribution >= 4 is 23.5 Å². The zero-order valence-corrected chi connectivity index (χ0v) is 11.6. The lowest BCUT2D eigenvalue weighted by atomic mass is 10.2. The molecular formula is C14H16N2O5. The number of ether oxygens (including phenoxy) is 2. The molecule has 7 heteroatoms. The lowest BCUT2D eigenvalue weighted by Gasteiger charge is -2.29. The van der Waals surface area contributed by atoms with Crippen molar-refractivity contribution in [1.29, 1.82) is 0 Å². The van der Waals surface area contributed by atoms with Crippen molar-refractivity contribution < 1.29 is 23.9 Å². The molecule has 0 spiro atoms. The van der Waals surface area contributed by atoms with Crippen molar-refractivity contribution in [3.05, 3.63) is 24.3 Å². The van der Waals surface area contributed by atoms with Crippen molar-refractivity contribution in [2.24, 2.45) is 5.73 Å². The fraction of sp³-hybridized carbons (Fsp3) is 0.357. The van der Waals surface area contributed by atoms with Crippen LogP contribution < -0.4 is 15.4 Å². The molecule has 0 radical (unpaired) electrons. The number of primary amides is 1. The van der Waals surface area contributed by atoms with Gasteiger partial charge in [-0.1, -0.05) is 12.1 Å². The summed E-state index contributed by atoms with van der Waals surface area (Å²) in [7, 11) is 0. The lowest BCUT2D eigenvalue weighted by Crippen LogP contribution is -2.40. The van der Waals surface area contributed by atoms with E-state index < -0.39 is 18.0 Å². The number of nitrogens with zero attached hydrogens (tertiary/aromatic N) is 1. The number of esters is 1. The Kier molecular flexibility index (Phi) is 4.42. The molecule has 2 amide bonds. The minimum Gasteiger partial charge on any atom is -0.482 e. The molecule has 1 aromatic carbocycles. The summed E-state index contributed by atoms with van der Waals surface area (Å²) in [6.07, 6.45) is -1.01. The summed E-state index contributed by atoms with van der Waals surface area (Å²) >= 11 is 0. The summed E-state index contributed by atoms with van der Waals surface area (Å²) < 4.78 is 10.1. The summed E-state index contributed by atoms with van der Waals surface area (Å²) in [6.45, 7) is 1.49. The molecule has 0 fully saturated rings. The standard InChI is InChI=1S/C14H16N2O5/c1-9(14(15)19)21-13(18)6-7-16-10-4-2-3-5-11(10)20-8-12(16)17/h2-5,9H,6-8H2,1H3,(H2,15,19)/t9-/m0/s1. The first-order valence-electron chi connectivity index (χ1n) is 6.50. The summed E-state index contributed by atoms with van der Waals surface area (Å²) in [4.78, 5) is 35.8. The second-order valence-electron chi connectivity index (χ2n) is 4.59. The molecule has 7 nitrogen and oxygen atoms in total. The Morgan fingerprint density at radius 3 is 2.86 bits per heavy atom. The Morgan fingerprint density at radius 1 is 1.43 bits per heavy atom. The molecule has 1 aliphatic heterocycles. The van der Waals surface area contributed by atoms with Crippen molar-refractivity contribution in [2.75, 3.05) is 18.1 Å². The van der Waals surface area contributed by atoms with Gasteiger partial charge in [-0.3, -0.25) is 14.4 Å². The number of amides is 2. The molecule has 0 unspecified atom stereocenters. The van der Waals surface area contributed by atoms with E-state index in [4.69, 9.17) is 15.2 Å². The van der Waals surface area contributed by atoms with Crippen LogP contribution in [0.15, 0.2) is 24.3 Å². The maximum Gasteiger partial charge on any atom is 0.308 e. The number of anilines is 1. The van der Waals surface area contributed by atoms with E-state index in [9.17, 15) is 14.4 Å². The van der Waals surface area contributed by atoms with Crippen LogP contribution in [0.1, 0.15) is 13.3 Å². The van der Waals surface area contributed by atoms with Gasteiger partial charge in [0.05, 0.1) is 12.1 Å². The number of fused-ring (bicyclic) bond motifs is 1. The zero-order valence-electron chi connectivity index (χ0n) is 11.6. The fourth-order valence-electron chi connectivity index (χ4n) is 1.92. The summed E-state index contributed by atoms with van der Waals surface area (Å²) in [5.41, 5.74) is 5.63. The van der Waals surface area contributed by atoms with Crippen molar-refractivity contribution in [2.45, 2.75) is 19.4 Å². The van der Waals surface area contributed by atoms with Crippen molar-refractivity contribution in [1.82, 2.24) is 0 Å². The van der Waals surface area contributed by atoms with E-state index in [0.29, 0.717) is 11.4 Å². The highest BCUT2D eigenvalue weighted by Crippen LogP contribution is 2.31. The van der Waals surface area contributed by atoms with Crippen molar-refractivity contribution in [3.63, 3.8) is 0 Å². The first kappa shape index (κ1) is 14.8. The van der Waals surface area contributed by atoms with E-state index in [1.807, 2.05) is 0 Å². The molecule has 1 heterocycles. The molecule has 0 bridgehead atoms. The molecule has 0 saturated heterocycles. The van der Waals surface area contributed by atoms with E-state index in [-0.39, 0.29) is 25.5 Å². The summed E-state index contributed by atoms with van der Waals surface area (Å²) in [5.74, 6) is -0.936. The normalized spacial score (nSPS) is 14.9. The van der Waals surface area contributed by atoms with E-state index in [1.54, 1.807) is 24.3 Å². The largest absolute Gasteiger partial charge is 0.482 e. The number of para-hydroxylation sites is 2. The molecule has 21 heavy (non-hydrogen) atoms. The molecule has 0 aromatic heterocycles. The second-order valence-corrected chi connectivity index (χ2v) is 4.59. The highest BCUT2D eigenvalue weighted by Gasteiger charge is 2.26. The monoisotopic (exact) mass is 292 g/mol. The third kappa shape index (κ3) is 3.50. The van der Waals surface area contributed by atoms with Gasteiger partial charge in [0, 0.05) is 6.54 Å². The number of hydrogen-bond donors (Lipinski definition) is 1. The van der Waals surface area contributed by atoms with Crippen LogP contribution in [0.3, 0.4) is 0 Å². The molecule has 1 atom stereocenters. The Balaban J connectivity index is 1.98. The Labute approximate surface area is 121 Å². The first-order valence-corrected chi connectivity index (χ1v) is 6.50. The van der Waals surface area contributed by atoms with Gasteiger partial charge in [0.25, 0.3) is 11.8 Å². The molecule has 2 N–H and O–H groups in total. The molecule has 0 aliphatic carbocycles. The highest BCUT2D eigenvalue weighted by molar-refractivity contribution is 5.98. The minimum atomic E-state index is -0.981. The van der Waals surface area contributed by atoms with Gasteiger partial charge in [-0.15, -0.1) is 0 Å². The highest BCUT2D eigenvalue weighted by atomic mass is 16.5. The molecule has 1 aliphatic rings. The van der Waals surface area contributed by atoms with Crippen LogP contribution in [0, 0.1) is 0 Å². The Bertz CT molecular complexity index is 572. The third-order valence-electron chi connectivity index (χ3n) is 3.06. The van der Waals surface area contributed by atoms with E-state index in [0.717, 1.165) is 0 Å². The van der Waals surface area contributed by atoms with Crippen LogP contribution in [0.4, 0.5) is 5.69 Å². The predicted octanol–water partition coefficient (Wildman–Crippen LogP) is 0.219. The number of hydrogen-bond acceptors (Lipinski definition) is 5. The smallest absolute Gasteiger partial charge is 0.308 e. The number of nitrogens with two attached hydrogens (primary N) is 1. The average molecular weight is 292 g/mol. The third-order valence-corrected chi connectivity index (χ3v) is 3.06. The van der Waals surface area contributed by atoms with Crippen LogP contribution in [0.25, 0.3) is 0 Å². The van der Waals surface area contributed by atoms with Gasteiger partial charge in [0.15, 0.2) is 12.7 Å². The SMILES string of the molecule is C[C@H](OC(=O)CCN1C(=O)COc2ccccc21)C(N)=O. The molecule has 2 rings (SSSR count). The number of carbonyl (C=O) groups is 3. The number of rotatable bonds is 5. The second kappa shape index (κ2) is 6.25. The maximum atomic E-state index is 11.9. The Morgan fingerprint density at radius 2 is 2.14 bits per heavy atom. The van der Waals surface area contributed by atoms with Crippen LogP contribution in [-0.4, -0.2) is 37.0 Å². The topological polar surface area (TPSA) is 98.9 Å². The van der Waals surface area contributed by atoms with Crippen LogP contribution >= 0.6 is 0 Å². The van der Waals surface area contributed by atoms with Gasteiger partial charge >= 0.3 is 5.97 Å². The van der Waals surface area contributed by atoms with Gasteiger partial charge in [-0.25, -0.2) is 0 Å². The fourth-order valence-corrected chi connectivity index (χ4v) is 1.92. The first-order chi connectivity index (χ1) is 9.99. The predicted molar refractivity (Wildman–Crippen MR) is 73.7 cm³/mol. The average Bonchev–Trinajstić information content (AvgIpc) is 2.46. The minimum absolute atomic E-state index is 0.0301. The lowest BCUT2D eigenvalue weighted by molar-refractivity contribution is -0.153. The van der Waals surface area contributed by atoms with Gasteiger partial charge in [-0.2, -0.15) is 0 Å². The van der Waals surface area contributed by atoms with Gasteiger partial charge < -0.3 is 20.1 Å². The molecule has 0 saturated carbocycles. The van der Waals surface area contributed by atoms with E-state index >= 15 is 0 Å². The summed E-state index contributed by atoms with van der Waals surface area (Å²) in [6, 6.07) is 7.07. The zero-order chi connectivity index (χ0) is 15.4. The van der Waals surface area contributed by atoms with Crippen LogP contribution in [-0.2, 0) is 19.1 Å². The molecule has 112 valence electrons. The van der Waals surface area contributed by atoms with Gasteiger partial charge in [0.1, 0.15) is 5.75 Å². The van der Waals surface area contributed by atoms with E-state index in [2.05, 4.69) is 0 Å². The number of benzene rings is 1. The van der Waals surface area contributed by atoms with Gasteiger partial charge in [-0.05, 0) is 19.1 Å². The van der Waals surface area contributed by atoms with E-state index in [1.165, 1.54) is 11.8 Å². The molecular weight excluding hydrogens is 276 g/mol. The molecule has 1 aromatic rings. The number of carbonyl (C=O) groups excluding carboxylic acids is 3. The summed E-state index contributed by atoms with van der Waals surface area (Å²) in [5, 5.41) is 0. The quantitative estimate of drug-likeness (QED) is 0.783.